The van der Waals surface area contributed by atoms with Crippen LogP contribution in [0, 0.1) is 0 Å². The average Bonchev–Trinajstić information content (AvgIpc) is 3.01. The minimum atomic E-state index is -0.287. The van der Waals surface area contributed by atoms with E-state index >= 15 is 0 Å². The normalized spacial score (nSPS) is 19.7. The van der Waals surface area contributed by atoms with E-state index in [1.165, 1.54) is 0 Å². The van der Waals surface area contributed by atoms with E-state index in [-0.39, 0.29) is 17.0 Å². The van der Waals surface area contributed by atoms with Crippen molar-refractivity contribution in [2.75, 3.05) is 0 Å². The van der Waals surface area contributed by atoms with Crippen LogP contribution in [0.5, 0.6) is 0 Å². The van der Waals surface area contributed by atoms with Crippen LogP contribution in [0.1, 0.15) is 40.4 Å². The van der Waals surface area contributed by atoms with Gasteiger partial charge >= 0.3 is 0 Å². The second-order valence-electron chi connectivity index (χ2n) is 5.58. The summed E-state index contributed by atoms with van der Waals surface area (Å²) < 4.78 is 0.984. The summed E-state index contributed by atoms with van der Waals surface area (Å²) >= 11 is 9.56. The van der Waals surface area contributed by atoms with Gasteiger partial charge in [-0.15, -0.1) is 0 Å². The first-order chi connectivity index (χ1) is 10.1. The fourth-order valence-electron chi connectivity index (χ4n) is 3.43. The molecule has 2 aromatic rings. The first-order valence-electron chi connectivity index (χ1n) is 6.99. The van der Waals surface area contributed by atoms with Crippen molar-refractivity contribution in [3.8, 4) is 0 Å². The van der Waals surface area contributed by atoms with E-state index in [0.29, 0.717) is 6.42 Å². The minimum Gasteiger partial charge on any atom is -0.298 e. The van der Waals surface area contributed by atoms with E-state index in [2.05, 4.69) is 25.9 Å². The number of fused-ring (bicyclic) bond motifs is 2. The molecule has 0 bridgehead atoms. The summed E-state index contributed by atoms with van der Waals surface area (Å²) in [5.74, 6) is -0.0863. The molecule has 0 spiro atoms. The Labute approximate surface area is 135 Å². The van der Waals surface area contributed by atoms with Crippen molar-refractivity contribution in [1.29, 1.82) is 0 Å². The Morgan fingerprint density at radius 2 is 2.10 bits per heavy atom. The maximum atomic E-state index is 12.5. The molecule has 2 aliphatic rings. The third kappa shape index (κ3) is 2.12. The molecular formula is C16H12BrClN2O. The Balaban J connectivity index is 1.92. The third-order valence-corrected chi connectivity index (χ3v) is 4.98. The molecule has 106 valence electrons. The molecule has 1 aromatic heterocycles. The van der Waals surface area contributed by atoms with Crippen LogP contribution < -0.4 is 0 Å². The van der Waals surface area contributed by atoms with Gasteiger partial charge < -0.3 is 0 Å². The molecule has 1 atom stereocenters. The minimum absolute atomic E-state index is 0.201. The largest absolute Gasteiger partial charge is 0.298 e. The quantitative estimate of drug-likeness (QED) is 0.727. The van der Waals surface area contributed by atoms with Crippen LogP contribution in [0.3, 0.4) is 0 Å². The number of halogens is 2. The molecule has 2 aliphatic carbocycles. The van der Waals surface area contributed by atoms with Crippen LogP contribution in [0.4, 0.5) is 0 Å². The lowest BCUT2D eigenvalue weighted by Gasteiger charge is -2.14. The number of carbonyl (C=O) groups excluding carboxylic acids is 1. The number of aromatic nitrogens is 2. The molecule has 0 amide bonds. The highest BCUT2D eigenvalue weighted by Crippen LogP contribution is 2.40. The van der Waals surface area contributed by atoms with E-state index in [9.17, 15) is 4.79 Å². The predicted octanol–water partition coefficient (Wildman–Crippen LogP) is 3.64. The monoisotopic (exact) mass is 362 g/mol. The molecular weight excluding hydrogens is 352 g/mol. The number of aryl methyl sites for hydroxylation is 1. The van der Waals surface area contributed by atoms with Crippen molar-refractivity contribution >= 4 is 33.3 Å². The van der Waals surface area contributed by atoms with Crippen LogP contribution >= 0.6 is 27.5 Å². The molecule has 0 saturated heterocycles. The summed E-state index contributed by atoms with van der Waals surface area (Å²) in [5.41, 5.74) is 5.11. The molecule has 1 unspecified atom stereocenters. The molecule has 5 heteroatoms. The highest BCUT2D eigenvalue weighted by Gasteiger charge is 2.36. The van der Waals surface area contributed by atoms with Crippen LogP contribution in [-0.4, -0.2) is 15.8 Å². The Bertz CT molecular complexity index is 775. The van der Waals surface area contributed by atoms with Crippen molar-refractivity contribution in [2.45, 2.75) is 31.6 Å². The predicted molar refractivity (Wildman–Crippen MR) is 83.8 cm³/mol. The second kappa shape index (κ2) is 4.89. The molecule has 0 aliphatic heterocycles. The lowest BCUT2D eigenvalue weighted by Crippen LogP contribution is -2.13. The summed E-state index contributed by atoms with van der Waals surface area (Å²) in [7, 11) is 0. The van der Waals surface area contributed by atoms with Crippen molar-refractivity contribution in [3.63, 3.8) is 0 Å². The Kier molecular flexibility index (Phi) is 3.12. The number of rotatable bonds is 1. The van der Waals surface area contributed by atoms with Crippen molar-refractivity contribution in [2.24, 2.45) is 0 Å². The lowest BCUT2D eigenvalue weighted by molar-refractivity contribution is -0.118. The molecule has 1 heterocycles. The highest BCUT2D eigenvalue weighted by atomic mass is 79.9. The Morgan fingerprint density at radius 3 is 2.95 bits per heavy atom. The first kappa shape index (κ1) is 13.4. The van der Waals surface area contributed by atoms with Gasteiger partial charge in [-0.25, -0.2) is 9.97 Å². The van der Waals surface area contributed by atoms with Crippen molar-refractivity contribution in [3.05, 3.63) is 56.0 Å². The van der Waals surface area contributed by atoms with Crippen molar-refractivity contribution in [1.82, 2.24) is 9.97 Å². The standard InChI is InChI=1S/C16H12BrClN2O/c17-9-5-4-8-6-13(21)14(11(8)7-9)15-10-2-1-3-12(10)19-16(18)20-15/h4-5,7,14H,1-3,6H2. The zero-order chi connectivity index (χ0) is 14.6. The molecule has 0 saturated carbocycles. The third-order valence-electron chi connectivity index (χ3n) is 4.32. The maximum Gasteiger partial charge on any atom is 0.222 e. The van der Waals surface area contributed by atoms with Gasteiger partial charge in [0.1, 0.15) is 0 Å². The van der Waals surface area contributed by atoms with E-state index in [1.54, 1.807) is 0 Å². The van der Waals surface area contributed by atoms with Gasteiger partial charge in [-0.2, -0.15) is 0 Å². The molecule has 0 radical (unpaired) electrons. The topological polar surface area (TPSA) is 42.9 Å². The van der Waals surface area contributed by atoms with Crippen LogP contribution in [0.15, 0.2) is 22.7 Å². The molecule has 1 aromatic carbocycles. The SMILES string of the molecule is O=C1Cc2ccc(Br)cc2C1c1nc(Cl)nc2c1CCC2. The van der Waals surface area contributed by atoms with Gasteiger partial charge in [-0.1, -0.05) is 22.0 Å². The van der Waals surface area contributed by atoms with Crippen LogP contribution in [0.2, 0.25) is 5.28 Å². The van der Waals surface area contributed by atoms with Gasteiger partial charge in [-0.05, 0) is 59.7 Å². The van der Waals surface area contributed by atoms with Gasteiger partial charge in [-0.3, -0.25) is 4.79 Å². The molecule has 0 fully saturated rings. The lowest BCUT2D eigenvalue weighted by atomic mass is 9.93. The number of ketones is 1. The number of hydrogen-bond donors (Lipinski definition) is 0. The van der Waals surface area contributed by atoms with Crippen molar-refractivity contribution < 1.29 is 4.79 Å². The zero-order valence-corrected chi connectivity index (χ0v) is 13.5. The summed E-state index contributed by atoms with van der Waals surface area (Å²) in [6.45, 7) is 0. The number of benzene rings is 1. The molecule has 0 N–H and O–H groups in total. The zero-order valence-electron chi connectivity index (χ0n) is 11.2. The summed E-state index contributed by atoms with van der Waals surface area (Å²) in [6.07, 6.45) is 3.40. The first-order valence-corrected chi connectivity index (χ1v) is 8.17. The summed E-state index contributed by atoms with van der Waals surface area (Å²) in [4.78, 5) is 21.3. The number of hydrogen-bond acceptors (Lipinski definition) is 3. The fourth-order valence-corrected chi connectivity index (χ4v) is 4.00. The highest BCUT2D eigenvalue weighted by molar-refractivity contribution is 9.10. The number of Topliss-reactive ketones (excluding diaryl/α,β-unsaturated/α-hetero) is 1. The van der Waals surface area contributed by atoms with Gasteiger partial charge in [0.15, 0.2) is 5.78 Å². The Morgan fingerprint density at radius 1 is 1.24 bits per heavy atom. The Hall–Kier alpha value is -1.26. The van der Waals surface area contributed by atoms with Gasteiger partial charge in [0.05, 0.1) is 11.6 Å². The van der Waals surface area contributed by atoms with Crippen LogP contribution in [-0.2, 0) is 24.1 Å². The summed E-state index contributed by atoms with van der Waals surface area (Å²) in [6, 6.07) is 6.02. The van der Waals surface area contributed by atoms with E-state index < -0.39 is 0 Å². The summed E-state index contributed by atoms with van der Waals surface area (Å²) in [5, 5.41) is 0.252. The molecule has 3 nitrogen and oxygen atoms in total. The van der Waals surface area contributed by atoms with Crippen LogP contribution in [0.25, 0.3) is 0 Å². The van der Waals surface area contributed by atoms with E-state index in [1.807, 2.05) is 18.2 Å². The smallest absolute Gasteiger partial charge is 0.222 e. The number of carbonyl (C=O) groups is 1. The van der Waals surface area contributed by atoms with E-state index in [0.717, 1.165) is 51.8 Å². The molecule has 21 heavy (non-hydrogen) atoms. The second-order valence-corrected chi connectivity index (χ2v) is 6.83. The fraction of sp³-hybridized carbons (Fsp3) is 0.312. The maximum absolute atomic E-state index is 12.5. The van der Waals surface area contributed by atoms with Gasteiger partial charge in [0.2, 0.25) is 5.28 Å². The van der Waals surface area contributed by atoms with Gasteiger partial charge in [0, 0.05) is 16.6 Å². The van der Waals surface area contributed by atoms with E-state index in [4.69, 9.17) is 11.6 Å². The molecule has 4 rings (SSSR count). The average molecular weight is 364 g/mol. The van der Waals surface area contributed by atoms with Gasteiger partial charge in [0.25, 0.3) is 0 Å². The number of nitrogens with zero attached hydrogens (tertiary/aromatic N) is 2.